The van der Waals surface area contributed by atoms with Crippen molar-refractivity contribution < 1.29 is 28.5 Å². The Bertz CT molecular complexity index is 1650. The van der Waals surface area contributed by atoms with E-state index < -0.39 is 17.6 Å². The number of fused-ring (bicyclic) bond motifs is 2. The Balaban J connectivity index is 1.09. The molecule has 5 heterocycles. The molecule has 0 spiro atoms. The summed E-state index contributed by atoms with van der Waals surface area (Å²) in [6.07, 6.45) is 2.54. The second-order valence-electron chi connectivity index (χ2n) is 11.2. The van der Waals surface area contributed by atoms with Crippen LogP contribution in [0.2, 0.25) is 5.02 Å². The number of ether oxygens (including phenoxy) is 3. The number of aromatic carboxylic acids is 1. The van der Waals surface area contributed by atoms with Crippen molar-refractivity contribution in [2.24, 2.45) is 5.92 Å². The third kappa shape index (κ3) is 5.07. The zero-order valence-electron chi connectivity index (χ0n) is 23.0. The molecule has 7 rings (SSSR count). The van der Waals surface area contributed by atoms with Gasteiger partial charge in [-0.2, -0.15) is 0 Å². The van der Waals surface area contributed by atoms with Crippen molar-refractivity contribution in [3.05, 3.63) is 75.3 Å². The molecule has 0 bridgehead atoms. The third-order valence-corrected chi connectivity index (χ3v) is 9.64. The van der Waals surface area contributed by atoms with Gasteiger partial charge in [-0.15, -0.1) is 0 Å². The van der Waals surface area contributed by atoms with Gasteiger partial charge < -0.3 is 23.9 Å². The predicted molar refractivity (Wildman–Crippen MR) is 154 cm³/mol. The second kappa shape index (κ2) is 10.9. The van der Waals surface area contributed by atoms with Crippen molar-refractivity contribution in [1.29, 1.82) is 0 Å². The lowest BCUT2D eigenvalue weighted by Gasteiger charge is -2.44. The van der Waals surface area contributed by atoms with E-state index in [1.165, 1.54) is 6.07 Å². The van der Waals surface area contributed by atoms with E-state index in [4.69, 9.17) is 30.8 Å². The summed E-state index contributed by atoms with van der Waals surface area (Å²) in [7, 11) is 0. The van der Waals surface area contributed by atoms with Gasteiger partial charge in [0.05, 0.1) is 30.9 Å². The molecule has 220 valence electrons. The summed E-state index contributed by atoms with van der Waals surface area (Å²) < 4.78 is 35.6. The Hall–Kier alpha value is -3.09. The van der Waals surface area contributed by atoms with E-state index in [1.54, 1.807) is 19.1 Å². The minimum Gasteiger partial charge on any atom is -0.476 e. The number of likely N-dealkylation sites (tertiary alicyclic amines) is 1. The van der Waals surface area contributed by atoms with E-state index in [0.717, 1.165) is 61.7 Å². The van der Waals surface area contributed by atoms with E-state index in [9.17, 15) is 9.90 Å². The number of thiazole rings is 1. The van der Waals surface area contributed by atoms with Gasteiger partial charge in [0.2, 0.25) is 10.8 Å². The summed E-state index contributed by atoms with van der Waals surface area (Å²) >= 11 is 7.12. The SMILES string of the molecule is CC1(c2ccc(Cl)cc2F)Oc2ccccc2C(C2CCN(Cc3nc4sc(C(=O)O)nc4n3C[C@@H]3CCO3)CC2)O1. The van der Waals surface area contributed by atoms with Crippen LogP contribution in [0.15, 0.2) is 42.5 Å². The Morgan fingerprint density at radius 3 is 2.69 bits per heavy atom. The van der Waals surface area contributed by atoms with Gasteiger partial charge in [0.25, 0.3) is 0 Å². The highest BCUT2D eigenvalue weighted by Gasteiger charge is 2.44. The highest BCUT2D eigenvalue weighted by atomic mass is 35.5. The van der Waals surface area contributed by atoms with Gasteiger partial charge >= 0.3 is 5.97 Å². The first-order valence-electron chi connectivity index (χ1n) is 14.1. The van der Waals surface area contributed by atoms with E-state index in [2.05, 4.69) is 9.88 Å². The minimum absolute atomic E-state index is 0.0466. The molecule has 3 aliphatic rings. The van der Waals surface area contributed by atoms with Gasteiger partial charge in [0, 0.05) is 24.1 Å². The molecular weight excluding hydrogens is 583 g/mol. The number of hydrogen-bond donors (Lipinski definition) is 1. The molecule has 4 aromatic rings. The molecular formula is C30H30ClFN4O5S. The Morgan fingerprint density at radius 2 is 1.98 bits per heavy atom. The number of nitrogens with zero attached hydrogens (tertiary/aromatic N) is 4. The lowest BCUT2D eigenvalue weighted by molar-refractivity contribution is -0.243. The number of carbonyl (C=O) groups is 1. The molecule has 0 radical (unpaired) electrons. The largest absolute Gasteiger partial charge is 0.476 e. The summed E-state index contributed by atoms with van der Waals surface area (Å²) in [5, 5.41) is 9.78. The molecule has 9 nitrogen and oxygen atoms in total. The van der Waals surface area contributed by atoms with Crippen molar-refractivity contribution in [2.45, 2.75) is 57.3 Å². The van der Waals surface area contributed by atoms with E-state index in [1.807, 2.05) is 28.8 Å². The smallest absolute Gasteiger partial charge is 0.365 e. The number of carboxylic acid groups (broad SMARTS) is 1. The summed E-state index contributed by atoms with van der Waals surface area (Å²) in [5.41, 5.74) is 1.89. The third-order valence-electron chi connectivity index (χ3n) is 8.48. The maximum atomic E-state index is 15.0. The molecule has 2 aromatic carbocycles. The maximum absolute atomic E-state index is 15.0. The first kappa shape index (κ1) is 27.7. The number of halogens is 2. The molecule has 2 saturated heterocycles. The summed E-state index contributed by atoms with van der Waals surface area (Å²) in [4.78, 5) is 23.7. The average molecular weight is 613 g/mol. The summed E-state index contributed by atoms with van der Waals surface area (Å²) in [6, 6.07) is 12.4. The number of rotatable bonds is 7. The van der Waals surface area contributed by atoms with Crippen LogP contribution in [-0.2, 0) is 28.4 Å². The zero-order chi connectivity index (χ0) is 29.0. The standard InChI is InChI=1S/C30H30ClFN4O5S/c1-30(21-7-6-18(31)14-22(21)32)40-23-5-3-2-4-20(23)25(41-30)17-8-11-35(12-9-17)16-24-33-27-26(34-28(42-27)29(37)38)36(24)15-19-10-13-39-19/h2-7,14,17,19,25H,8-13,15-16H2,1H3,(H,37,38)/t19-,25?,30?/m0/s1. The predicted octanol–water partition coefficient (Wildman–Crippen LogP) is 6.01. The molecule has 12 heteroatoms. The zero-order valence-corrected chi connectivity index (χ0v) is 24.5. The van der Waals surface area contributed by atoms with Gasteiger partial charge in [0.1, 0.15) is 17.4 Å². The number of benzene rings is 2. The molecule has 2 unspecified atom stereocenters. The van der Waals surface area contributed by atoms with Crippen LogP contribution in [0.3, 0.4) is 0 Å². The van der Waals surface area contributed by atoms with Gasteiger partial charge in [0.15, 0.2) is 10.5 Å². The van der Waals surface area contributed by atoms with Crippen LogP contribution in [0, 0.1) is 11.7 Å². The second-order valence-corrected chi connectivity index (χ2v) is 12.6. The monoisotopic (exact) mass is 612 g/mol. The van der Waals surface area contributed by atoms with Crippen molar-refractivity contribution in [2.75, 3.05) is 19.7 Å². The lowest BCUT2D eigenvalue weighted by Crippen LogP contribution is -2.43. The van der Waals surface area contributed by atoms with Crippen LogP contribution in [0.4, 0.5) is 4.39 Å². The average Bonchev–Trinajstić information content (AvgIpc) is 3.49. The van der Waals surface area contributed by atoms with Gasteiger partial charge in [-0.25, -0.2) is 19.2 Å². The molecule has 0 amide bonds. The fourth-order valence-electron chi connectivity index (χ4n) is 6.18. The Morgan fingerprint density at radius 1 is 1.19 bits per heavy atom. The van der Waals surface area contributed by atoms with Crippen molar-refractivity contribution in [3.8, 4) is 5.75 Å². The number of piperidine rings is 1. The highest BCUT2D eigenvalue weighted by Crippen LogP contribution is 2.49. The van der Waals surface area contributed by atoms with Crippen LogP contribution >= 0.6 is 22.9 Å². The molecule has 3 aliphatic heterocycles. The lowest BCUT2D eigenvalue weighted by atomic mass is 9.85. The van der Waals surface area contributed by atoms with Gasteiger partial charge in [-0.1, -0.05) is 41.1 Å². The van der Waals surface area contributed by atoms with Gasteiger partial charge in [-0.3, -0.25) is 4.90 Å². The molecule has 0 saturated carbocycles. The Labute approximate surface area is 250 Å². The van der Waals surface area contributed by atoms with E-state index >= 15 is 4.39 Å². The molecule has 42 heavy (non-hydrogen) atoms. The van der Waals surface area contributed by atoms with Crippen LogP contribution in [-0.4, -0.2) is 56.3 Å². The maximum Gasteiger partial charge on any atom is 0.365 e. The first-order chi connectivity index (χ1) is 20.3. The highest BCUT2D eigenvalue weighted by molar-refractivity contribution is 7.19. The molecule has 0 aliphatic carbocycles. The summed E-state index contributed by atoms with van der Waals surface area (Å²) in [5.74, 6) is -1.04. The molecule has 3 atom stereocenters. The number of imidazole rings is 1. The van der Waals surface area contributed by atoms with Crippen LogP contribution in [0.1, 0.15) is 59.0 Å². The number of carboxylic acids is 1. The van der Waals surface area contributed by atoms with Crippen molar-refractivity contribution in [3.63, 3.8) is 0 Å². The minimum atomic E-state index is -1.30. The van der Waals surface area contributed by atoms with Crippen LogP contribution in [0.5, 0.6) is 5.75 Å². The topological polar surface area (TPSA) is 98.9 Å². The van der Waals surface area contributed by atoms with E-state index in [-0.39, 0.29) is 23.1 Å². The van der Waals surface area contributed by atoms with Crippen LogP contribution < -0.4 is 4.74 Å². The quantitative estimate of drug-likeness (QED) is 0.271. The van der Waals surface area contributed by atoms with E-state index in [0.29, 0.717) is 39.9 Å². The molecule has 2 fully saturated rings. The number of aromatic nitrogens is 3. The van der Waals surface area contributed by atoms with Gasteiger partial charge in [-0.05, 0) is 62.5 Å². The fourth-order valence-corrected chi connectivity index (χ4v) is 7.14. The number of para-hydroxylation sites is 1. The van der Waals surface area contributed by atoms with Crippen molar-refractivity contribution in [1.82, 2.24) is 19.4 Å². The molecule has 2 aromatic heterocycles. The van der Waals surface area contributed by atoms with Crippen LogP contribution in [0.25, 0.3) is 10.5 Å². The number of hydrogen-bond acceptors (Lipinski definition) is 8. The fraction of sp³-hybridized carbons (Fsp3) is 0.433. The first-order valence-corrected chi connectivity index (χ1v) is 15.3. The van der Waals surface area contributed by atoms with Crippen molar-refractivity contribution >= 4 is 39.4 Å². The Kier molecular flexibility index (Phi) is 7.18. The molecule has 1 N–H and O–H groups in total. The summed E-state index contributed by atoms with van der Waals surface area (Å²) in [6.45, 7) is 5.39. The normalized spacial score (nSPS) is 24.7.